The predicted molar refractivity (Wildman–Crippen MR) is 95.0 cm³/mol. The summed E-state index contributed by atoms with van der Waals surface area (Å²) in [6.07, 6.45) is 6.70. The quantitative estimate of drug-likeness (QED) is 0.740. The predicted octanol–water partition coefficient (Wildman–Crippen LogP) is 1.20. The Hall–Kier alpha value is -2.18. The van der Waals surface area contributed by atoms with Crippen LogP contribution in [0.25, 0.3) is 0 Å². The van der Waals surface area contributed by atoms with Crippen molar-refractivity contribution < 1.29 is 9.59 Å². The Kier molecular flexibility index (Phi) is 3.93. The Bertz CT molecular complexity index is 903. The Balaban J connectivity index is 1.74. The third kappa shape index (κ3) is 2.64. The standard InChI is InChI=1S/C19H25N3O4/c1-19(8-9-19)7-4-10-21-15-13(16(24)20(2)18(21)26)11-14(23)22(17(15)25)12-5-3-6-12/h12H,3-11H2,1-2H3. The third-order valence-corrected chi connectivity index (χ3v) is 6.36. The van der Waals surface area contributed by atoms with E-state index in [9.17, 15) is 19.2 Å². The van der Waals surface area contributed by atoms with Crippen LogP contribution < -0.4 is 11.2 Å². The molecule has 4 rings (SSSR count). The fourth-order valence-corrected chi connectivity index (χ4v) is 4.05. The van der Waals surface area contributed by atoms with E-state index < -0.39 is 17.2 Å². The maximum absolute atomic E-state index is 13.1. The van der Waals surface area contributed by atoms with Gasteiger partial charge in [0, 0.05) is 19.6 Å². The minimum atomic E-state index is -0.523. The van der Waals surface area contributed by atoms with E-state index in [2.05, 4.69) is 6.92 Å². The SMILES string of the molecule is Cn1c(=O)c2c(n(CCCC3(C)CC3)c1=O)C(=O)N(C1CCC1)C(=O)C2. The maximum Gasteiger partial charge on any atom is 0.331 e. The summed E-state index contributed by atoms with van der Waals surface area (Å²) in [5.41, 5.74) is -0.306. The van der Waals surface area contributed by atoms with Crippen LogP contribution >= 0.6 is 0 Å². The van der Waals surface area contributed by atoms with Crippen LogP contribution in [-0.2, 0) is 24.8 Å². The summed E-state index contributed by atoms with van der Waals surface area (Å²) in [7, 11) is 1.41. The molecule has 26 heavy (non-hydrogen) atoms. The number of rotatable bonds is 5. The van der Waals surface area contributed by atoms with E-state index in [0.717, 1.165) is 36.7 Å². The minimum absolute atomic E-state index is 0.0823. The fourth-order valence-electron chi connectivity index (χ4n) is 4.05. The number of carbonyl (C=O) groups excluding carboxylic acids is 2. The molecule has 0 aromatic carbocycles. The molecule has 3 aliphatic rings. The van der Waals surface area contributed by atoms with Crippen LogP contribution in [0.4, 0.5) is 0 Å². The van der Waals surface area contributed by atoms with Gasteiger partial charge in [0.2, 0.25) is 5.91 Å². The first-order chi connectivity index (χ1) is 12.3. The normalized spacial score (nSPS) is 21.5. The molecule has 0 radical (unpaired) electrons. The van der Waals surface area contributed by atoms with Crippen LogP contribution in [0.1, 0.15) is 67.9 Å². The first-order valence-corrected chi connectivity index (χ1v) is 9.51. The van der Waals surface area contributed by atoms with Crippen molar-refractivity contribution in [1.82, 2.24) is 14.0 Å². The van der Waals surface area contributed by atoms with Gasteiger partial charge < -0.3 is 0 Å². The summed E-state index contributed by atoms with van der Waals surface area (Å²) in [6.45, 7) is 2.64. The molecule has 0 spiro atoms. The van der Waals surface area contributed by atoms with Gasteiger partial charge in [-0.05, 0) is 50.4 Å². The molecule has 1 aliphatic heterocycles. The molecule has 140 valence electrons. The molecule has 7 heteroatoms. The second-order valence-corrected chi connectivity index (χ2v) is 8.37. The van der Waals surface area contributed by atoms with Crippen molar-refractivity contribution in [3.8, 4) is 0 Å². The number of nitrogens with zero attached hydrogens (tertiary/aromatic N) is 3. The summed E-state index contributed by atoms with van der Waals surface area (Å²) in [5.74, 6) is -0.784. The third-order valence-electron chi connectivity index (χ3n) is 6.36. The summed E-state index contributed by atoms with van der Waals surface area (Å²) < 4.78 is 2.46. The molecule has 0 unspecified atom stereocenters. The molecule has 2 fully saturated rings. The highest BCUT2D eigenvalue weighted by Crippen LogP contribution is 2.48. The van der Waals surface area contributed by atoms with Gasteiger partial charge in [-0.15, -0.1) is 0 Å². The largest absolute Gasteiger partial charge is 0.331 e. The number of imide groups is 1. The van der Waals surface area contributed by atoms with E-state index in [4.69, 9.17) is 0 Å². The molecule has 1 aromatic rings. The zero-order valence-electron chi connectivity index (χ0n) is 15.4. The second kappa shape index (κ2) is 5.93. The van der Waals surface area contributed by atoms with Crippen LogP contribution in [0.3, 0.4) is 0 Å². The average molecular weight is 359 g/mol. The van der Waals surface area contributed by atoms with Crippen LogP contribution in [0, 0.1) is 5.41 Å². The molecular weight excluding hydrogens is 334 g/mol. The summed E-state index contributed by atoms with van der Waals surface area (Å²) in [5, 5.41) is 0. The first kappa shape index (κ1) is 17.2. The zero-order valence-corrected chi connectivity index (χ0v) is 15.4. The van der Waals surface area contributed by atoms with Gasteiger partial charge in [-0.3, -0.25) is 28.4 Å². The van der Waals surface area contributed by atoms with Gasteiger partial charge >= 0.3 is 5.69 Å². The molecule has 2 heterocycles. The van der Waals surface area contributed by atoms with Gasteiger partial charge in [0.1, 0.15) is 5.69 Å². The lowest BCUT2D eigenvalue weighted by Crippen LogP contribution is -2.56. The van der Waals surface area contributed by atoms with E-state index in [1.807, 2.05) is 0 Å². The molecule has 0 bridgehead atoms. The molecule has 0 saturated heterocycles. The molecule has 2 amide bonds. The van der Waals surface area contributed by atoms with Crippen molar-refractivity contribution in [3.63, 3.8) is 0 Å². The molecule has 2 aliphatic carbocycles. The van der Waals surface area contributed by atoms with Crippen LogP contribution in [0.5, 0.6) is 0 Å². The van der Waals surface area contributed by atoms with Crippen LogP contribution in [0.15, 0.2) is 9.59 Å². The fraction of sp³-hybridized carbons (Fsp3) is 0.684. The topological polar surface area (TPSA) is 81.4 Å². The summed E-state index contributed by atoms with van der Waals surface area (Å²) in [4.78, 5) is 52.0. The van der Waals surface area contributed by atoms with Gasteiger partial charge in [0.25, 0.3) is 11.5 Å². The van der Waals surface area contributed by atoms with Gasteiger partial charge in [0.05, 0.1) is 12.0 Å². The highest BCUT2D eigenvalue weighted by atomic mass is 16.2. The smallest absolute Gasteiger partial charge is 0.288 e. The highest BCUT2D eigenvalue weighted by Gasteiger charge is 2.42. The Morgan fingerprint density at radius 2 is 1.81 bits per heavy atom. The van der Waals surface area contributed by atoms with Crippen molar-refractivity contribution >= 4 is 11.8 Å². The Morgan fingerprint density at radius 1 is 1.12 bits per heavy atom. The summed E-state index contributed by atoms with van der Waals surface area (Å²) in [6, 6.07) is -0.0823. The van der Waals surface area contributed by atoms with E-state index >= 15 is 0 Å². The lowest BCUT2D eigenvalue weighted by Gasteiger charge is -2.38. The monoisotopic (exact) mass is 359 g/mol. The molecule has 7 nitrogen and oxygen atoms in total. The molecule has 0 atom stereocenters. The molecule has 0 N–H and O–H groups in total. The van der Waals surface area contributed by atoms with Gasteiger partial charge in [-0.1, -0.05) is 6.92 Å². The van der Waals surface area contributed by atoms with Crippen LogP contribution in [0.2, 0.25) is 0 Å². The number of amides is 2. The van der Waals surface area contributed by atoms with E-state index in [0.29, 0.717) is 12.0 Å². The van der Waals surface area contributed by atoms with Crippen molar-refractivity contribution in [2.45, 2.75) is 70.9 Å². The van der Waals surface area contributed by atoms with E-state index in [-0.39, 0.29) is 29.6 Å². The molecule has 2 saturated carbocycles. The Labute approximate surface area is 151 Å². The van der Waals surface area contributed by atoms with E-state index in [1.165, 1.54) is 29.4 Å². The van der Waals surface area contributed by atoms with Crippen molar-refractivity contribution in [3.05, 3.63) is 32.1 Å². The van der Waals surface area contributed by atoms with Gasteiger partial charge in [-0.2, -0.15) is 0 Å². The number of hydrogen-bond donors (Lipinski definition) is 0. The van der Waals surface area contributed by atoms with Crippen molar-refractivity contribution in [2.75, 3.05) is 0 Å². The Morgan fingerprint density at radius 3 is 2.38 bits per heavy atom. The zero-order chi connectivity index (χ0) is 18.6. The summed E-state index contributed by atoms with van der Waals surface area (Å²) >= 11 is 0. The molecule has 1 aromatic heterocycles. The molecular formula is C19H25N3O4. The van der Waals surface area contributed by atoms with Crippen molar-refractivity contribution in [1.29, 1.82) is 0 Å². The number of aromatic nitrogens is 2. The first-order valence-electron chi connectivity index (χ1n) is 9.51. The maximum atomic E-state index is 13.1. The number of hydrogen-bond acceptors (Lipinski definition) is 4. The van der Waals surface area contributed by atoms with Gasteiger partial charge in [-0.25, -0.2) is 4.79 Å². The number of carbonyl (C=O) groups is 2. The number of fused-ring (bicyclic) bond motifs is 1. The lowest BCUT2D eigenvalue weighted by molar-refractivity contribution is -0.131. The highest BCUT2D eigenvalue weighted by molar-refractivity contribution is 6.09. The van der Waals surface area contributed by atoms with Crippen molar-refractivity contribution in [2.24, 2.45) is 12.5 Å². The second-order valence-electron chi connectivity index (χ2n) is 8.37. The van der Waals surface area contributed by atoms with E-state index in [1.54, 1.807) is 0 Å². The van der Waals surface area contributed by atoms with Crippen LogP contribution in [-0.4, -0.2) is 31.9 Å². The van der Waals surface area contributed by atoms with Gasteiger partial charge in [0.15, 0.2) is 0 Å². The minimum Gasteiger partial charge on any atom is -0.288 e. The average Bonchev–Trinajstić information content (AvgIpc) is 3.28. The lowest BCUT2D eigenvalue weighted by atomic mass is 9.89.